The molecular formula is C35H57NO7. The van der Waals surface area contributed by atoms with E-state index in [9.17, 15) is 14.4 Å². The first-order valence-electron chi connectivity index (χ1n) is 16.0. The lowest BCUT2D eigenvalue weighted by Gasteiger charge is -2.34. The number of esters is 2. The molecule has 2 heterocycles. The molecule has 2 rings (SSSR count). The van der Waals surface area contributed by atoms with Crippen LogP contribution in [-0.4, -0.2) is 67.5 Å². The first kappa shape index (κ1) is 36.6. The van der Waals surface area contributed by atoms with Gasteiger partial charge < -0.3 is 23.8 Å². The number of hydrogen-bond acceptors (Lipinski definition) is 7. The van der Waals surface area contributed by atoms with E-state index < -0.39 is 6.10 Å². The Morgan fingerprint density at radius 3 is 2.44 bits per heavy atom. The Kier molecular flexibility index (Phi) is 14.0. The molecule has 1 fully saturated rings. The molecule has 0 bridgehead atoms. The molecule has 0 N–H and O–H groups in total. The molecule has 8 nitrogen and oxygen atoms in total. The second-order valence-corrected chi connectivity index (χ2v) is 13.8. The third kappa shape index (κ3) is 11.8. The summed E-state index contributed by atoms with van der Waals surface area (Å²) in [6.45, 7) is 18.0. The molecular weight excluding hydrogens is 546 g/mol. The molecule has 0 aromatic carbocycles. The molecule has 0 aliphatic carbocycles. The average Bonchev–Trinajstić information content (AvgIpc) is 3.68. The topological polar surface area (TPSA) is 94.7 Å². The van der Waals surface area contributed by atoms with Crippen LogP contribution in [0.2, 0.25) is 0 Å². The summed E-state index contributed by atoms with van der Waals surface area (Å²) < 4.78 is 23.4. The molecule has 8 heteroatoms. The van der Waals surface area contributed by atoms with Crippen molar-refractivity contribution in [2.75, 3.05) is 14.1 Å². The number of rotatable bonds is 10. The quantitative estimate of drug-likeness (QED) is 0.0852. The first-order valence-corrected chi connectivity index (χ1v) is 16.0. The first-order chi connectivity index (χ1) is 20.0. The minimum atomic E-state index is -0.427. The lowest BCUT2D eigenvalue weighted by molar-refractivity contribution is -0.150. The zero-order chi connectivity index (χ0) is 32.5. The normalized spacial score (nSPS) is 31.0. The van der Waals surface area contributed by atoms with Crippen LogP contribution >= 0.6 is 0 Å². The van der Waals surface area contributed by atoms with Crippen LogP contribution in [0.5, 0.6) is 0 Å². The molecule has 1 amide bonds. The summed E-state index contributed by atoms with van der Waals surface area (Å²) in [6.07, 6.45) is 12.7. The van der Waals surface area contributed by atoms with Crippen LogP contribution in [0, 0.1) is 29.1 Å². The van der Waals surface area contributed by atoms with Crippen molar-refractivity contribution in [2.45, 2.75) is 125 Å². The molecule has 9 atom stereocenters. The van der Waals surface area contributed by atoms with Crippen LogP contribution in [0.15, 0.2) is 36.0 Å². The maximum Gasteiger partial charge on any atom is 0.409 e. The molecule has 0 radical (unpaired) electrons. The van der Waals surface area contributed by atoms with Gasteiger partial charge in [-0.25, -0.2) is 4.79 Å². The summed E-state index contributed by atoms with van der Waals surface area (Å²) in [5.74, 6) is -0.0342. The van der Waals surface area contributed by atoms with Gasteiger partial charge in [0, 0.05) is 44.7 Å². The summed E-state index contributed by atoms with van der Waals surface area (Å²) in [6, 6.07) is 0. The maximum absolute atomic E-state index is 12.9. The van der Waals surface area contributed by atoms with Crippen molar-refractivity contribution in [3.05, 3.63) is 36.0 Å². The maximum atomic E-state index is 12.9. The molecule has 244 valence electrons. The van der Waals surface area contributed by atoms with Crippen molar-refractivity contribution in [1.82, 2.24) is 4.90 Å². The number of allylic oxidation sites excluding steroid dienone is 3. The molecule has 2 aliphatic heterocycles. The van der Waals surface area contributed by atoms with Gasteiger partial charge in [-0.1, -0.05) is 72.8 Å². The lowest BCUT2D eigenvalue weighted by atomic mass is 9.78. The van der Waals surface area contributed by atoms with Crippen molar-refractivity contribution in [3.63, 3.8) is 0 Å². The smallest absolute Gasteiger partial charge is 0.409 e. The predicted octanol–water partition coefficient (Wildman–Crippen LogP) is 7.28. The van der Waals surface area contributed by atoms with Crippen LogP contribution in [0.4, 0.5) is 4.79 Å². The molecule has 0 aromatic heterocycles. The Hall–Kier alpha value is -2.61. The number of nitrogens with zero attached hydrogens (tertiary/aromatic N) is 1. The molecule has 0 spiro atoms. The zero-order valence-corrected chi connectivity index (χ0v) is 28.4. The van der Waals surface area contributed by atoms with Crippen molar-refractivity contribution in [1.29, 1.82) is 0 Å². The highest BCUT2D eigenvalue weighted by molar-refractivity contribution is 5.70. The number of carbonyl (C=O) groups is 3. The Balaban J connectivity index is 2.08. The van der Waals surface area contributed by atoms with Crippen LogP contribution < -0.4 is 0 Å². The van der Waals surface area contributed by atoms with E-state index in [2.05, 4.69) is 40.7 Å². The van der Waals surface area contributed by atoms with E-state index in [0.717, 1.165) is 31.3 Å². The van der Waals surface area contributed by atoms with Gasteiger partial charge in [0.05, 0.1) is 12.2 Å². The van der Waals surface area contributed by atoms with E-state index in [0.29, 0.717) is 6.42 Å². The molecule has 0 saturated carbocycles. The number of epoxide rings is 1. The van der Waals surface area contributed by atoms with Crippen LogP contribution in [0.3, 0.4) is 0 Å². The summed E-state index contributed by atoms with van der Waals surface area (Å²) >= 11 is 0. The van der Waals surface area contributed by atoms with E-state index in [-0.39, 0.29) is 71.5 Å². The van der Waals surface area contributed by atoms with Crippen molar-refractivity contribution in [2.24, 2.45) is 29.1 Å². The highest BCUT2D eigenvalue weighted by atomic mass is 16.6. The minimum absolute atomic E-state index is 0.0829. The Morgan fingerprint density at radius 1 is 1.16 bits per heavy atom. The van der Waals surface area contributed by atoms with Gasteiger partial charge in [0.2, 0.25) is 0 Å². The Morgan fingerprint density at radius 2 is 1.84 bits per heavy atom. The SMILES string of the molecule is CCC(OC(=O)N(C)C)C(C)C1OC1CC(C)/C=C/C=C(\C)C1OC(=O)CC(C)CCC(C)(C)C(OC(C)=O)/C=C/C1C. The number of carbonyl (C=O) groups excluding carboxylic acids is 3. The fraction of sp³-hybridized carbons (Fsp3) is 0.743. The standard InChI is InChI=1S/C35H57NO7/c1-12-28(42-34(39)36(10)11)26(6)33-29(41-33)20-22(2)14-13-15-24(4)32-25(5)16-17-30(40-27(7)37)35(8,9)19-18-23(3)21-31(38)43-32/h13-17,22-23,25-26,28-30,32-33H,12,18-21H2,1-11H3/b14-13+,17-16+,24-15+. The van der Waals surface area contributed by atoms with Crippen LogP contribution in [0.1, 0.15) is 94.4 Å². The van der Waals surface area contributed by atoms with E-state index in [1.807, 2.05) is 45.1 Å². The van der Waals surface area contributed by atoms with E-state index in [4.69, 9.17) is 18.9 Å². The van der Waals surface area contributed by atoms with Gasteiger partial charge in [0.15, 0.2) is 0 Å². The third-order valence-electron chi connectivity index (χ3n) is 8.78. The zero-order valence-electron chi connectivity index (χ0n) is 28.4. The number of cyclic esters (lactones) is 1. The summed E-state index contributed by atoms with van der Waals surface area (Å²) in [5.41, 5.74) is 0.693. The fourth-order valence-corrected chi connectivity index (χ4v) is 5.72. The van der Waals surface area contributed by atoms with Gasteiger partial charge in [-0.2, -0.15) is 0 Å². The van der Waals surface area contributed by atoms with Crippen LogP contribution in [0.25, 0.3) is 0 Å². The van der Waals surface area contributed by atoms with Crippen molar-refractivity contribution in [3.8, 4) is 0 Å². The van der Waals surface area contributed by atoms with Crippen molar-refractivity contribution >= 4 is 18.0 Å². The highest BCUT2D eigenvalue weighted by Gasteiger charge is 2.46. The minimum Gasteiger partial charge on any atom is -0.458 e. The van der Waals surface area contributed by atoms with Gasteiger partial charge in [0.25, 0.3) is 0 Å². The third-order valence-corrected chi connectivity index (χ3v) is 8.78. The molecule has 2 aliphatic rings. The van der Waals surface area contributed by atoms with Gasteiger partial charge in [0.1, 0.15) is 18.3 Å². The van der Waals surface area contributed by atoms with Crippen LogP contribution in [-0.2, 0) is 28.5 Å². The van der Waals surface area contributed by atoms with Gasteiger partial charge >= 0.3 is 18.0 Å². The van der Waals surface area contributed by atoms with Gasteiger partial charge in [-0.3, -0.25) is 9.59 Å². The molecule has 9 unspecified atom stereocenters. The summed E-state index contributed by atoms with van der Waals surface area (Å²) in [5, 5.41) is 0. The Bertz CT molecular complexity index is 1030. The predicted molar refractivity (Wildman–Crippen MR) is 169 cm³/mol. The number of amides is 1. The molecule has 0 aromatic rings. The van der Waals surface area contributed by atoms with Crippen molar-refractivity contribution < 1.29 is 33.3 Å². The van der Waals surface area contributed by atoms with E-state index in [1.54, 1.807) is 14.1 Å². The fourth-order valence-electron chi connectivity index (χ4n) is 5.72. The van der Waals surface area contributed by atoms with E-state index in [1.165, 1.54) is 11.8 Å². The van der Waals surface area contributed by atoms with Gasteiger partial charge in [-0.15, -0.1) is 0 Å². The lowest BCUT2D eigenvalue weighted by Crippen LogP contribution is -2.34. The second kappa shape index (κ2) is 16.5. The molecule has 1 saturated heterocycles. The summed E-state index contributed by atoms with van der Waals surface area (Å²) in [4.78, 5) is 38.2. The second-order valence-electron chi connectivity index (χ2n) is 13.8. The highest BCUT2D eigenvalue weighted by Crippen LogP contribution is 2.38. The van der Waals surface area contributed by atoms with Gasteiger partial charge in [-0.05, 0) is 56.1 Å². The van der Waals surface area contributed by atoms with E-state index >= 15 is 0 Å². The number of hydrogen-bond donors (Lipinski definition) is 0. The summed E-state index contributed by atoms with van der Waals surface area (Å²) in [7, 11) is 3.37. The molecule has 43 heavy (non-hydrogen) atoms. The number of ether oxygens (including phenoxy) is 4. The average molecular weight is 604 g/mol. The monoisotopic (exact) mass is 603 g/mol. The largest absolute Gasteiger partial charge is 0.458 e. The Labute approximate surface area is 260 Å².